The molecule has 18 heavy (non-hydrogen) atoms. The van der Waals surface area contributed by atoms with E-state index in [2.05, 4.69) is 20.1 Å². The van der Waals surface area contributed by atoms with E-state index < -0.39 is 0 Å². The van der Waals surface area contributed by atoms with E-state index in [1.807, 2.05) is 6.92 Å². The molecule has 0 aromatic carbocycles. The van der Waals surface area contributed by atoms with E-state index in [1.54, 1.807) is 12.4 Å². The summed E-state index contributed by atoms with van der Waals surface area (Å²) in [5, 5.41) is 3.95. The van der Waals surface area contributed by atoms with Gasteiger partial charge in [0.2, 0.25) is 17.5 Å². The van der Waals surface area contributed by atoms with E-state index in [0.29, 0.717) is 24.1 Å². The highest BCUT2D eigenvalue weighted by Crippen LogP contribution is 2.42. The van der Waals surface area contributed by atoms with Crippen LogP contribution in [0.2, 0.25) is 0 Å². The van der Waals surface area contributed by atoms with Crippen LogP contribution in [0.3, 0.4) is 0 Å². The Bertz CT molecular complexity index is 538. The first-order valence-electron chi connectivity index (χ1n) is 6.07. The summed E-state index contributed by atoms with van der Waals surface area (Å²) in [6, 6.07) is 0. The molecule has 6 nitrogen and oxygen atoms in total. The van der Waals surface area contributed by atoms with Crippen molar-refractivity contribution in [2.45, 2.75) is 31.6 Å². The van der Waals surface area contributed by atoms with Crippen molar-refractivity contribution in [1.29, 1.82) is 0 Å². The molecule has 1 fully saturated rings. The predicted octanol–water partition coefficient (Wildman–Crippen LogP) is 1.22. The first-order valence-corrected chi connectivity index (χ1v) is 6.07. The van der Waals surface area contributed by atoms with Gasteiger partial charge in [0.1, 0.15) is 0 Å². The third-order valence-electron chi connectivity index (χ3n) is 3.56. The Morgan fingerprint density at radius 3 is 2.56 bits per heavy atom. The zero-order valence-corrected chi connectivity index (χ0v) is 10.3. The second kappa shape index (κ2) is 4.13. The average molecular weight is 245 g/mol. The smallest absolute Gasteiger partial charge is 0.240 e. The van der Waals surface area contributed by atoms with Crippen molar-refractivity contribution in [2.75, 3.05) is 6.54 Å². The summed E-state index contributed by atoms with van der Waals surface area (Å²) in [6.45, 7) is 2.48. The van der Waals surface area contributed by atoms with Gasteiger partial charge in [0.25, 0.3) is 0 Å². The molecule has 2 heterocycles. The van der Waals surface area contributed by atoms with Crippen LogP contribution in [0.5, 0.6) is 0 Å². The first kappa shape index (κ1) is 11.3. The number of nitrogens with zero attached hydrogens (tertiary/aromatic N) is 4. The normalized spacial score (nSPS) is 17.4. The summed E-state index contributed by atoms with van der Waals surface area (Å²) < 4.78 is 5.33. The molecule has 1 aliphatic rings. The van der Waals surface area contributed by atoms with E-state index in [1.165, 1.54) is 0 Å². The van der Waals surface area contributed by atoms with Crippen LogP contribution < -0.4 is 5.73 Å². The van der Waals surface area contributed by atoms with E-state index >= 15 is 0 Å². The van der Waals surface area contributed by atoms with E-state index in [0.717, 1.165) is 24.8 Å². The van der Waals surface area contributed by atoms with Crippen molar-refractivity contribution < 1.29 is 4.52 Å². The Labute approximate surface area is 105 Å². The van der Waals surface area contributed by atoms with E-state index in [-0.39, 0.29) is 5.41 Å². The van der Waals surface area contributed by atoms with Gasteiger partial charge in [0, 0.05) is 18.9 Å². The third kappa shape index (κ3) is 1.69. The monoisotopic (exact) mass is 245 g/mol. The van der Waals surface area contributed by atoms with Gasteiger partial charge in [-0.3, -0.25) is 0 Å². The molecule has 0 saturated heterocycles. The SMILES string of the molecule is Cc1cnc(-c2noc(C3(CN)CCC3)n2)nc1. The van der Waals surface area contributed by atoms with E-state index in [9.17, 15) is 0 Å². The lowest BCUT2D eigenvalue weighted by Gasteiger charge is -2.36. The second-order valence-electron chi connectivity index (χ2n) is 4.85. The molecule has 0 radical (unpaired) electrons. The predicted molar refractivity (Wildman–Crippen MR) is 64.6 cm³/mol. The molecular formula is C12H15N5O. The largest absolute Gasteiger partial charge is 0.338 e. The Kier molecular flexibility index (Phi) is 2.59. The maximum absolute atomic E-state index is 5.81. The van der Waals surface area contributed by atoms with Crippen LogP contribution in [-0.2, 0) is 5.41 Å². The van der Waals surface area contributed by atoms with Gasteiger partial charge in [-0.1, -0.05) is 11.6 Å². The van der Waals surface area contributed by atoms with Crippen molar-refractivity contribution in [2.24, 2.45) is 5.73 Å². The van der Waals surface area contributed by atoms with Gasteiger partial charge in [-0.25, -0.2) is 9.97 Å². The lowest BCUT2D eigenvalue weighted by molar-refractivity contribution is 0.182. The molecule has 0 bridgehead atoms. The third-order valence-corrected chi connectivity index (χ3v) is 3.56. The molecule has 2 aromatic rings. The molecule has 2 aromatic heterocycles. The lowest BCUT2D eigenvalue weighted by Crippen LogP contribution is -2.41. The molecule has 0 amide bonds. The number of rotatable bonds is 3. The minimum atomic E-state index is -0.115. The topological polar surface area (TPSA) is 90.7 Å². The van der Waals surface area contributed by atoms with Crippen LogP contribution in [0, 0.1) is 6.92 Å². The second-order valence-corrected chi connectivity index (χ2v) is 4.85. The zero-order valence-electron chi connectivity index (χ0n) is 10.3. The van der Waals surface area contributed by atoms with Crippen molar-refractivity contribution >= 4 is 0 Å². The van der Waals surface area contributed by atoms with Gasteiger partial charge in [-0.2, -0.15) is 4.98 Å². The van der Waals surface area contributed by atoms with Gasteiger partial charge >= 0.3 is 0 Å². The standard InChI is InChI=1S/C12H15N5O/c1-8-5-14-9(15-6-8)10-16-11(18-17-10)12(7-13)3-2-4-12/h5-6H,2-4,7,13H2,1H3. The number of hydrogen-bond donors (Lipinski definition) is 1. The van der Waals surface area contributed by atoms with E-state index in [4.69, 9.17) is 10.3 Å². The molecule has 1 aliphatic carbocycles. The molecule has 0 unspecified atom stereocenters. The molecule has 2 N–H and O–H groups in total. The number of hydrogen-bond acceptors (Lipinski definition) is 6. The van der Waals surface area contributed by atoms with Crippen molar-refractivity contribution in [1.82, 2.24) is 20.1 Å². The molecule has 0 spiro atoms. The fraction of sp³-hybridized carbons (Fsp3) is 0.500. The van der Waals surface area contributed by atoms with Crippen molar-refractivity contribution in [3.05, 3.63) is 23.8 Å². The fourth-order valence-electron chi connectivity index (χ4n) is 2.15. The summed E-state index contributed by atoms with van der Waals surface area (Å²) in [6.07, 6.45) is 6.66. The fourth-order valence-corrected chi connectivity index (χ4v) is 2.15. The van der Waals surface area contributed by atoms with Crippen LogP contribution >= 0.6 is 0 Å². The Morgan fingerprint density at radius 2 is 2.00 bits per heavy atom. The highest BCUT2D eigenvalue weighted by molar-refractivity contribution is 5.41. The Balaban J connectivity index is 1.91. The number of nitrogens with two attached hydrogens (primary N) is 1. The van der Waals surface area contributed by atoms with Gasteiger partial charge in [0.15, 0.2) is 0 Å². The molecule has 3 rings (SSSR count). The maximum atomic E-state index is 5.81. The van der Waals surface area contributed by atoms with Gasteiger partial charge in [-0.15, -0.1) is 0 Å². The summed E-state index contributed by atoms with van der Waals surface area (Å²) in [5.74, 6) is 1.54. The molecular weight excluding hydrogens is 230 g/mol. The van der Waals surface area contributed by atoms with Crippen molar-refractivity contribution in [3.63, 3.8) is 0 Å². The maximum Gasteiger partial charge on any atom is 0.240 e. The van der Waals surface area contributed by atoms with Crippen molar-refractivity contribution in [3.8, 4) is 11.6 Å². The Hall–Kier alpha value is -1.82. The van der Waals surface area contributed by atoms with Crippen LogP contribution in [0.1, 0.15) is 30.7 Å². The lowest BCUT2D eigenvalue weighted by atomic mass is 9.69. The van der Waals surface area contributed by atoms with Crippen LogP contribution in [-0.4, -0.2) is 26.7 Å². The average Bonchev–Trinajstić information content (AvgIpc) is 2.79. The van der Waals surface area contributed by atoms with Crippen LogP contribution in [0.25, 0.3) is 11.6 Å². The number of aromatic nitrogens is 4. The summed E-state index contributed by atoms with van der Waals surface area (Å²) >= 11 is 0. The minimum absolute atomic E-state index is 0.115. The van der Waals surface area contributed by atoms with Crippen LogP contribution in [0.15, 0.2) is 16.9 Å². The zero-order chi connectivity index (χ0) is 12.6. The molecule has 0 atom stereocenters. The summed E-state index contributed by atoms with van der Waals surface area (Å²) in [4.78, 5) is 12.8. The summed E-state index contributed by atoms with van der Waals surface area (Å²) in [5.41, 5.74) is 6.69. The molecule has 6 heteroatoms. The summed E-state index contributed by atoms with van der Waals surface area (Å²) in [7, 11) is 0. The number of aryl methyl sites for hydroxylation is 1. The highest BCUT2D eigenvalue weighted by atomic mass is 16.5. The van der Waals surface area contributed by atoms with Gasteiger partial charge < -0.3 is 10.3 Å². The minimum Gasteiger partial charge on any atom is -0.338 e. The highest BCUT2D eigenvalue weighted by Gasteiger charge is 2.42. The van der Waals surface area contributed by atoms with Crippen LogP contribution in [0.4, 0.5) is 0 Å². The van der Waals surface area contributed by atoms with Gasteiger partial charge in [-0.05, 0) is 25.3 Å². The first-order chi connectivity index (χ1) is 8.73. The quantitative estimate of drug-likeness (QED) is 0.874. The Morgan fingerprint density at radius 1 is 1.28 bits per heavy atom. The molecule has 94 valence electrons. The van der Waals surface area contributed by atoms with Gasteiger partial charge in [0.05, 0.1) is 5.41 Å². The molecule has 1 saturated carbocycles. The molecule has 0 aliphatic heterocycles.